The number of anilines is 1. The van der Waals surface area contributed by atoms with Crippen molar-refractivity contribution < 1.29 is 4.42 Å². The second kappa shape index (κ2) is 7.83. The molecule has 116 valence electrons. The first-order valence-corrected chi connectivity index (χ1v) is 7.65. The molecular weight excluding hydrogens is 300 g/mol. The van der Waals surface area contributed by atoms with E-state index >= 15 is 0 Å². The smallest absolute Gasteiger partial charge is 0.161 e. The molecule has 0 aromatic carbocycles. The lowest BCUT2D eigenvalue weighted by atomic mass is 10.2. The number of hydrogen-bond donors (Lipinski definition) is 1. The lowest BCUT2D eigenvalue weighted by Gasteiger charge is -2.28. The van der Waals surface area contributed by atoms with Crippen molar-refractivity contribution in [1.29, 1.82) is 5.26 Å². The maximum Gasteiger partial charge on any atom is 0.161 e. The van der Waals surface area contributed by atoms with Crippen LogP contribution in [0.5, 0.6) is 0 Å². The van der Waals surface area contributed by atoms with Crippen LogP contribution in [0, 0.1) is 11.3 Å². The average molecular weight is 319 g/mol. The molecule has 2 heterocycles. The summed E-state index contributed by atoms with van der Waals surface area (Å²) < 4.78 is 5.56. The van der Waals surface area contributed by atoms with Crippen molar-refractivity contribution in [2.45, 2.75) is 19.9 Å². The fraction of sp³-hybridized carbons (Fsp3) is 0.375. The lowest BCUT2D eigenvalue weighted by Crippen LogP contribution is -2.33. The van der Waals surface area contributed by atoms with Gasteiger partial charge in [-0.2, -0.15) is 5.26 Å². The van der Waals surface area contributed by atoms with Crippen molar-refractivity contribution >= 4 is 17.4 Å². The van der Waals surface area contributed by atoms with E-state index in [9.17, 15) is 0 Å². The molecule has 1 unspecified atom stereocenters. The van der Waals surface area contributed by atoms with E-state index < -0.39 is 0 Å². The van der Waals surface area contributed by atoms with E-state index in [4.69, 9.17) is 21.3 Å². The minimum Gasteiger partial charge on any atom is -0.468 e. The molecule has 0 bridgehead atoms. The van der Waals surface area contributed by atoms with E-state index in [1.165, 1.54) is 0 Å². The highest BCUT2D eigenvalue weighted by molar-refractivity contribution is 6.31. The minimum atomic E-state index is 0.105. The number of furan rings is 1. The topological polar surface area (TPSA) is 65.1 Å². The zero-order valence-electron chi connectivity index (χ0n) is 12.7. The molecule has 0 spiro atoms. The number of hydrogen-bond acceptors (Lipinski definition) is 5. The molecule has 0 saturated carbocycles. The Hall–Kier alpha value is -2.03. The zero-order chi connectivity index (χ0) is 15.9. The third kappa shape index (κ3) is 3.79. The van der Waals surface area contributed by atoms with E-state index in [-0.39, 0.29) is 11.7 Å². The quantitative estimate of drug-likeness (QED) is 0.843. The molecule has 0 aliphatic heterocycles. The molecule has 22 heavy (non-hydrogen) atoms. The molecule has 0 amide bonds. The zero-order valence-corrected chi connectivity index (χ0v) is 13.5. The van der Waals surface area contributed by atoms with Crippen LogP contribution in [-0.4, -0.2) is 29.5 Å². The van der Waals surface area contributed by atoms with Gasteiger partial charge in [-0.25, -0.2) is 4.98 Å². The van der Waals surface area contributed by atoms with Gasteiger partial charge in [0.1, 0.15) is 17.6 Å². The van der Waals surface area contributed by atoms with Crippen LogP contribution < -0.4 is 5.32 Å². The molecule has 2 aromatic rings. The summed E-state index contributed by atoms with van der Waals surface area (Å²) in [5.41, 5.74) is 0.226. The highest BCUT2D eigenvalue weighted by Crippen LogP contribution is 2.22. The first-order valence-electron chi connectivity index (χ1n) is 7.27. The van der Waals surface area contributed by atoms with Gasteiger partial charge in [0.15, 0.2) is 5.69 Å². The molecule has 0 aliphatic rings. The Kier molecular flexibility index (Phi) is 5.82. The van der Waals surface area contributed by atoms with Crippen LogP contribution in [0.3, 0.4) is 0 Å². The first-order chi connectivity index (χ1) is 10.7. The molecule has 0 aliphatic carbocycles. The van der Waals surface area contributed by atoms with Crippen molar-refractivity contribution in [2.24, 2.45) is 0 Å². The summed E-state index contributed by atoms with van der Waals surface area (Å²) in [6.45, 7) is 6.71. The van der Waals surface area contributed by atoms with Gasteiger partial charge in [-0.15, -0.1) is 0 Å². The van der Waals surface area contributed by atoms with Crippen LogP contribution in [0.25, 0.3) is 0 Å². The Bertz CT molecular complexity index is 632. The van der Waals surface area contributed by atoms with Crippen LogP contribution in [0.15, 0.2) is 34.9 Å². The predicted molar refractivity (Wildman–Crippen MR) is 86.8 cm³/mol. The number of pyridine rings is 1. The number of aromatic nitrogens is 1. The van der Waals surface area contributed by atoms with Gasteiger partial charge < -0.3 is 9.73 Å². The summed E-state index contributed by atoms with van der Waals surface area (Å²) in [5.74, 6) is 1.54. The van der Waals surface area contributed by atoms with Gasteiger partial charge >= 0.3 is 0 Å². The van der Waals surface area contributed by atoms with Gasteiger partial charge in [-0.3, -0.25) is 4.90 Å². The van der Waals surface area contributed by atoms with Crippen molar-refractivity contribution in [3.8, 4) is 6.07 Å². The highest BCUT2D eigenvalue weighted by Gasteiger charge is 2.20. The van der Waals surface area contributed by atoms with Gasteiger partial charge in [0, 0.05) is 6.54 Å². The van der Waals surface area contributed by atoms with Crippen LogP contribution >= 0.6 is 11.6 Å². The van der Waals surface area contributed by atoms with Gasteiger partial charge in [-0.1, -0.05) is 25.4 Å². The maximum atomic E-state index is 8.99. The van der Waals surface area contributed by atoms with Gasteiger partial charge in [0.2, 0.25) is 0 Å². The summed E-state index contributed by atoms with van der Waals surface area (Å²) >= 11 is 5.90. The molecule has 0 fully saturated rings. The van der Waals surface area contributed by atoms with Gasteiger partial charge in [0.25, 0.3) is 0 Å². The normalized spacial score (nSPS) is 12.1. The maximum absolute atomic E-state index is 8.99. The number of halogens is 1. The SMILES string of the molecule is CCN(CC)C(CNc1ccc(Cl)c(C#N)n1)c1ccco1. The number of nitrogens with one attached hydrogen (secondary N) is 1. The predicted octanol–water partition coefficient (Wildman–Crippen LogP) is 3.69. The summed E-state index contributed by atoms with van der Waals surface area (Å²) in [6.07, 6.45) is 1.68. The third-order valence-electron chi connectivity index (χ3n) is 3.55. The molecule has 6 heteroatoms. The van der Waals surface area contributed by atoms with Gasteiger partial charge in [0.05, 0.1) is 17.3 Å². The number of nitriles is 1. The van der Waals surface area contributed by atoms with Crippen molar-refractivity contribution in [3.63, 3.8) is 0 Å². The third-order valence-corrected chi connectivity index (χ3v) is 3.86. The monoisotopic (exact) mass is 318 g/mol. The Morgan fingerprint density at radius 3 is 2.73 bits per heavy atom. The van der Waals surface area contributed by atoms with Crippen LogP contribution in [0.1, 0.15) is 31.3 Å². The molecule has 0 saturated heterocycles. The molecular formula is C16H19ClN4O. The van der Waals surface area contributed by atoms with Crippen LogP contribution in [0.4, 0.5) is 5.82 Å². The molecule has 2 rings (SSSR count). The van der Waals surface area contributed by atoms with E-state index in [0.29, 0.717) is 17.4 Å². The minimum absolute atomic E-state index is 0.105. The Labute approximate surface area is 135 Å². The number of likely N-dealkylation sites (N-methyl/N-ethyl adjacent to an activating group) is 1. The summed E-state index contributed by atoms with van der Waals surface area (Å²) in [7, 11) is 0. The second-order valence-corrected chi connectivity index (χ2v) is 5.18. The standard InChI is InChI=1S/C16H19ClN4O/c1-3-21(4-2)14(15-6-5-9-22-15)11-19-16-8-7-12(17)13(10-18)20-16/h5-9,14H,3-4,11H2,1-2H3,(H,19,20). The Morgan fingerprint density at radius 1 is 1.36 bits per heavy atom. The summed E-state index contributed by atoms with van der Waals surface area (Å²) in [4.78, 5) is 6.50. The fourth-order valence-electron chi connectivity index (χ4n) is 2.38. The molecule has 1 atom stereocenters. The Balaban J connectivity index is 2.13. The van der Waals surface area contributed by atoms with Gasteiger partial charge in [-0.05, 0) is 37.4 Å². The summed E-state index contributed by atoms with van der Waals surface area (Å²) in [6, 6.07) is 9.39. The first kappa shape index (κ1) is 16.3. The lowest BCUT2D eigenvalue weighted by molar-refractivity contribution is 0.202. The van der Waals surface area contributed by atoms with E-state index in [1.807, 2.05) is 18.2 Å². The van der Waals surface area contributed by atoms with Crippen molar-refractivity contribution in [1.82, 2.24) is 9.88 Å². The van der Waals surface area contributed by atoms with E-state index in [2.05, 4.69) is 29.0 Å². The summed E-state index contributed by atoms with van der Waals surface area (Å²) in [5, 5.41) is 12.6. The Morgan fingerprint density at radius 2 is 2.14 bits per heavy atom. The van der Waals surface area contributed by atoms with E-state index in [1.54, 1.807) is 18.4 Å². The molecule has 0 radical (unpaired) electrons. The molecule has 1 N–H and O–H groups in total. The molecule has 2 aromatic heterocycles. The number of rotatable bonds is 7. The van der Waals surface area contributed by atoms with Crippen molar-refractivity contribution in [2.75, 3.05) is 25.0 Å². The van der Waals surface area contributed by atoms with Crippen molar-refractivity contribution in [3.05, 3.63) is 47.0 Å². The largest absolute Gasteiger partial charge is 0.468 e. The van der Waals surface area contributed by atoms with Crippen LogP contribution in [-0.2, 0) is 0 Å². The highest BCUT2D eigenvalue weighted by atomic mass is 35.5. The fourth-order valence-corrected chi connectivity index (χ4v) is 2.52. The van der Waals surface area contributed by atoms with E-state index in [0.717, 1.165) is 18.8 Å². The number of nitrogens with zero attached hydrogens (tertiary/aromatic N) is 3. The second-order valence-electron chi connectivity index (χ2n) is 4.77. The average Bonchev–Trinajstić information content (AvgIpc) is 3.06. The van der Waals surface area contributed by atoms with Crippen LogP contribution in [0.2, 0.25) is 5.02 Å². The molecule has 5 nitrogen and oxygen atoms in total.